The first-order chi connectivity index (χ1) is 10.5. The van der Waals surface area contributed by atoms with Gasteiger partial charge in [0, 0.05) is 19.2 Å². The van der Waals surface area contributed by atoms with Gasteiger partial charge in [0.05, 0.1) is 6.54 Å². The standard InChI is InChI=1S/C15H13FN2O4/c1-3-10-18(15(19)17(2)20)13-8-9-14(22-13)21-12-6-4-11(16)5-7-12/h1,4-9,20H,10H2,2H3. The second-order valence-electron chi connectivity index (χ2n) is 4.25. The van der Waals surface area contributed by atoms with Gasteiger partial charge in [-0.1, -0.05) is 5.92 Å². The molecule has 0 unspecified atom stereocenters. The van der Waals surface area contributed by atoms with Crippen LogP contribution in [0.2, 0.25) is 0 Å². The molecule has 0 aliphatic carbocycles. The molecule has 1 heterocycles. The summed E-state index contributed by atoms with van der Waals surface area (Å²) in [6.07, 6.45) is 5.20. The van der Waals surface area contributed by atoms with E-state index in [1.807, 2.05) is 0 Å². The Morgan fingerprint density at radius 1 is 1.36 bits per heavy atom. The van der Waals surface area contributed by atoms with Crippen molar-refractivity contribution in [2.75, 3.05) is 18.5 Å². The summed E-state index contributed by atoms with van der Waals surface area (Å²) in [4.78, 5) is 12.9. The van der Waals surface area contributed by atoms with Crippen molar-refractivity contribution in [1.82, 2.24) is 5.06 Å². The molecule has 0 aliphatic heterocycles. The van der Waals surface area contributed by atoms with Gasteiger partial charge in [-0.3, -0.25) is 10.1 Å². The number of anilines is 1. The van der Waals surface area contributed by atoms with Crippen LogP contribution in [0.1, 0.15) is 0 Å². The minimum atomic E-state index is -0.749. The van der Waals surface area contributed by atoms with E-state index < -0.39 is 6.03 Å². The van der Waals surface area contributed by atoms with Crippen LogP contribution >= 0.6 is 0 Å². The molecular weight excluding hydrogens is 291 g/mol. The van der Waals surface area contributed by atoms with E-state index in [1.165, 1.54) is 43.4 Å². The number of ether oxygens (including phenoxy) is 1. The zero-order chi connectivity index (χ0) is 16.1. The minimum Gasteiger partial charge on any atom is -0.426 e. The summed E-state index contributed by atoms with van der Waals surface area (Å²) >= 11 is 0. The predicted molar refractivity (Wildman–Crippen MR) is 76.3 cm³/mol. The van der Waals surface area contributed by atoms with E-state index in [0.717, 1.165) is 4.90 Å². The summed E-state index contributed by atoms with van der Waals surface area (Å²) in [6, 6.07) is 7.56. The van der Waals surface area contributed by atoms with E-state index in [9.17, 15) is 14.4 Å². The Kier molecular flexibility index (Phi) is 4.66. The lowest BCUT2D eigenvalue weighted by Gasteiger charge is -2.20. The molecule has 0 saturated carbocycles. The van der Waals surface area contributed by atoms with Gasteiger partial charge in [0.2, 0.25) is 5.88 Å². The highest BCUT2D eigenvalue weighted by Crippen LogP contribution is 2.28. The fraction of sp³-hybridized carbons (Fsp3) is 0.133. The largest absolute Gasteiger partial charge is 0.426 e. The summed E-state index contributed by atoms with van der Waals surface area (Å²) in [7, 11) is 1.17. The van der Waals surface area contributed by atoms with Crippen LogP contribution in [-0.4, -0.2) is 29.9 Å². The first-order valence-electron chi connectivity index (χ1n) is 6.22. The molecule has 7 heteroatoms. The number of amides is 2. The van der Waals surface area contributed by atoms with E-state index in [1.54, 1.807) is 0 Å². The van der Waals surface area contributed by atoms with Crippen LogP contribution in [0.5, 0.6) is 11.7 Å². The van der Waals surface area contributed by atoms with Gasteiger partial charge in [0.25, 0.3) is 5.95 Å². The smallest absolute Gasteiger partial charge is 0.351 e. The maximum Gasteiger partial charge on any atom is 0.351 e. The fourth-order valence-electron chi connectivity index (χ4n) is 1.63. The van der Waals surface area contributed by atoms with Gasteiger partial charge in [-0.2, -0.15) is 0 Å². The number of rotatable bonds is 4. The minimum absolute atomic E-state index is 0.0900. The van der Waals surface area contributed by atoms with E-state index in [0.29, 0.717) is 10.8 Å². The number of halogens is 1. The number of furan rings is 1. The number of terminal acetylenes is 1. The highest BCUT2D eigenvalue weighted by molar-refractivity contribution is 5.90. The van der Waals surface area contributed by atoms with Gasteiger partial charge in [-0.05, 0) is 24.3 Å². The summed E-state index contributed by atoms with van der Waals surface area (Å²) < 4.78 is 23.6. The van der Waals surface area contributed by atoms with Crippen LogP contribution < -0.4 is 9.64 Å². The Labute approximate surface area is 126 Å². The number of hydrogen-bond donors (Lipinski definition) is 1. The highest BCUT2D eigenvalue weighted by atomic mass is 19.1. The molecule has 6 nitrogen and oxygen atoms in total. The molecule has 0 aliphatic rings. The average Bonchev–Trinajstić information content (AvgIpc) is 2.94. The van der Waals surface area contributed by atoms with Crippen molar-refractivity contribution < 1.29 is 23.5 Å². The van der Waals surface area contributed by atoms with Crippen LogP contribution in [0.4, 0.5) is 15.1 Å². The Morgan fingerprint density at radius 3 is 2.64 bits per heavy atom. The Morgan fingerprint density at radius 2 is 2.05 bits per heavy atom. The monoisotopic (exact) mass is 304 g/mol. The van der Waals surface area contributed by atoms with E-state index in [4.69, 9.17) is 15.6 Å². The van der Waals surface area contributed by atoms with E-state index in [-0.39, 0.29) is 24.2 Å². The number of carbonyl (C=O) groups excluding carboxylic acids is 1. The fourth-order valence-corrected chi connectivity index (χ4v) is 1.63. The second-order valence-corrected chi connectivity index (χ2v) is 4.25. The molecule has 22 heavy (non-hydrogen) atoms. The van der Waals surface area contributed by atoms with Crippen molar-refractivity contribution in [3.8, 4) is 24.0 Å². The van der Waals surface area contributed by atoms with Gasteiger partial charge in [0.1, 0.15) is 11.6 Å². The third kappa shape index (κ3) is 3.56. The van der Waals surface area contributed by atoms with Crippen molar-refractivity contribution in [3.63, 3.8) is 0 Å². The molecule has 1 aromatic heterocycles. The maximum atomic E-state index is 12.8. The molecule has 2 amide bonds. The number of urea groups is 1. The van der Waals surface area contributed by atoms with E-state index in [2.05, 4.69) is 5.92 Å². The first kappa shape index (κ1) is 15.4. The van der Waals surface area contributed by atoms with Crippen LogP contribution in [0.25, 0.3) is 0 Å². The van der Waals surface area contributed by atoms with Crippen LogP contribution in [0.15, 0.2) is 40.8 Å². The molecular formula is C15H13FN2O4. The Hall–Kier alpha value is -2.98. The number of hydrogen-bond acceptors (Lipinski definition) is 4. The van der Waals surface area contributed by atoms with Gasteiger partial charge >= 0.3 is 6.03 Å². The summed E-state index contributed by atoms with van der Waals surface area (Å²) in [5.74, 6) is 2.49. The topological polar surface area (TPSA) is 66.2 Å². The Balaban J connectivity index is 2.16. The maximum absolute atomic E-state index is 12.8. The van der Waals surface area contributed by atoms with Crippen LogP contribution in [0.3, 0.4) is 0 Å². The molecule has 0 saturated heterocycles. The van der Waals surface area contributed by atoms with Crippen molar-refractivity contribution >= 4 is 11.9 Å². The molecule has 0 spiro atoms. The second kappa shape index (κ2) is 6.65. The number of nitrogens with zero attached hydrogens (tertiary/aromatic N) is 2. The lowest BCUT2D eigenvalue weighted by Crippen LogP contribution is -2.39. The molecule has 0 bridgehead atoms. The molecule has 114 valence electrons. The molecule has 1 aromatic carbocycles. The van der Waals surface area contributed by atoms with Gasteiger partial charge in [0.15, 0.2) is 0 Å². The summed E-state index contributed by atoms with van der Waals surface area (Å²) in [5.41, 5.74) is 0. The van der Waals surface area contributed by atoms with Crippen molar-refractivity contribution in [3.05, 3.63) is 42.2 Å². The average molecular weight is 304 g/mol. The predicted octanol–water partition coefficient (Wildman–Crippen LogP) is 3.09. The molecule has 0 radical (unpaired) electrons. The van der Waals surface area contributed by atoms with Gasteiger partial charge in [-0.25, -0.2) is 14.2 Å². The third-order valence-corrected chi connectivity index (χ3v) is 2.62. The van der Waals surface area contributed by atoms with Crippen molar-refractivity contribution in [2.24, 2.45) is 0 Å². The molecule has 0 atom stereocenters. The van der Waals surface area contributed by atoms with Crippen molar-refractivity contribution in [1.29, 1.82) is 0 Å². The van der Waals surface area contributed by atoms with Gasteiger partial charge in [-0.15, -0.1) is 6.42 Å². The molecule has 2 aromatic rings. The van der Waals surface area contributed by atoms with Gasteiger partial charge < -0.3 is 9.15 Å². The zero-order valence-electron chi connectivity index (χ0n) is 11.7. The van der Waals surface area contributed by atoms with Crippen LogP contribution in [0, 0.1) is 18.2 Å². The zero-order valence-corrected chi connectivity index (χ0v) is 11.7. The number of hydroxylamine groups is 2. The molecule has 2 rings (SSSR count). The number of carbonyl (C=O) groups is 1. The SMILES string of the molecule is C#CCN(C(=O)N(C)O)c1ccc(Oc2ccc(F)cc2)o1. The highest BCUT2D eigenvalue weighted by Gasteiger charge is 2.21. The van der Waals surface area contributed by atoms with Crippen LogP contribution in [-0.2, 0) is 0 Å². The quantitative estimate of drug-likeness (QED) is 0.535. The van der Waals surface area contributed by atoms with Crippen molar-refractivity contribution in [2.45, 2.75) is 0 Å². The number of benzene rings is 1. The summed E-state index contributed by atoms with van der Waals surface area (Å²) in [5, 5.41) is 9.60. The molecule has 1 N–H and O–H groups in total. The summed E-state index contributed by atoms with van der Waals surface area (Å²) in [6.45, 7) is -0.0900. The Bertz CT molecular complexity index is 688. The lowest BCUT2D eigenvalue weighted by atomic mass is 10.3. The third-order valence-electron chi connectivity index (χ3n) is 2.62. The normalized spacial score (nSPS) is 9.91. The van der Waals surface area contributed by atoms with E-state index >= 15 is 0 Å². The lowest BCUT2D eigenvalue weighted by molar-refractivity contribution is -0.0151. The first-order valence-corrected chi connectivity index (χ1v) is 6.22. The molecule has 0 fully saturated rings.